The van der Waals surface area contributed by atoms with Gasteiger partial charge in [-0.25, -0.2) is 0 Å². The van der Waals surface area contributed by atoms with Gasteiger partial charge in [-0.05, 0) is 18.1 Å². The first kappa shape index (κ1) is 11.3. The second-order valence-corrected chi connectivity index (χ2v) is 4.25. The van der Waals surface area contributed by atoms with Gasteiger partial charge in [0.15, 0.2) is 0 Å². The van der Waals surface area contributed by atoms with E-state index in [1.54, 1.807) is 11.8 Å². The van der Waals surface area contributed by atoms with E-state index in [0.29, 0.717) is 5.02 Å². The molecule has 0 fully saturated rings. The summed E-state index contributed by atoms with van der Waals surface area (Å²) in [6.07, 6.45) is 4.01. The fourth-order valence-corrected chi connectivity index (χ4v) is 2.31. The fourth-order valence-electron chi connectivity index (χ4n) is 1.96. The maximum Gasteiger partial charge on any atom is 0.142 e. The van der Waals surface area contributed by atoms with Crippen LogP contribution in [-0.2, 0) is 13.5 Å². The highest BCUT2D eigenvalue weighted by Gasteiger charge is 2.14. The predicted molar refractivity (Wildman–Crippen MR) is 66.3 cm³/mol. The van der Waals surface area contributed by atoms with E-state index >= 15 is 0 Å². The number of aryl methyl sites for hydroxylation is 2. The number of hydrogen-bond donors (Lipinski definition) is 0. The molecule has 0 aliphatic carbocycles. The van der Waals surface area contributed by atoms with Crippen molar-refractivity contribution in [3.05, 3.63) is 22.8 Å². The van der Waals surface area contributed by atoms with Gasteiger partial charge in [0.05, 0.1) is 7.11 Å². The maximum absolute atomic E-state index is 6.30. The first-order valence-electron chi connectivity index (χ1n) is 5.36. The monoisotopic (exact) mass is 238 g/mol. The number of fused-ring (bicyclic) bond motifs is 1. The topological polar surface area (TPSA) is 27.1 Å². The Balaban J connectivity index is 2.70. The minimum Gasteiger partial charge on any atom is -0.495 e. The molecule has 1 heterocycles. The zero-order valence-corrected chi connectivity index (χ0v) is 10.5. The average molecular weight is 239 g/mol. The summed E-state index contributed by atoms with van der Waals surface area (Å²) in [4.78, 5) is 0. The molecule has 16 heavy (non-hydrogen) atoms. The van der Waals surface area contributed by atoms with Gasteiger partial charge in [-0.2, -0.15) is 5.10 Å². The van der Waals surface area contributed by atoms with Crippen LogP contribution in [0.4, 0.5) is 0 Å². The molecule has 0 bridgehead atoms. The minimum atomic E-state index is 0.615. The lowest BCUT2D eigenvalue weighted by atomic mass is 10.1. The molecule has 0 N–H and O–H groups in total. The lowest BCUT2D eigenvalue weighted by Crippen LogP contribution is -1.93. The van der Waals surface area contributed by atoms with Crippen molar-refractivity contribution in [2.24, 2.45) is 7.05 Å². The largest absolute Gasteiger partial charge is 0.495 e. The molecule has 1 aromatic heterocycles. The van der Waals surface area contributed by atoms with Crippen molar-refractivity contribution in [1.29, 1.82) is 0 Å². The molecule has 0 unspecified atom stereocenters. The van der Waals surface area contributed by atoms with Gasteiger partial charge in [-0.15, -0.1) is 0 Å². The van der Waals surface area contributed by atoms with Crippen LogP contribution in [0, 0.1) is 0 Å². The van der Waals surface area contributed by atoms with Gasteiger partial charge in [-0.3, -0.25) is 4.68 Å². The van der Waals surface area contributed by atoms with Crippen molar-refractivity contribution in [2.45, 2.75) is 19.8 Å². The predicted octanol–water partition coefficient (Wildman–Crippen LogP) is 3.19. The van der Waals surface area contributed by atoms with E-state index < -0.39 is 0 Å². The van der Waals surface area contributed by atoms with E-state index in [2.05, 4.69) is 18.1 Å². The number of ether oxygens (including phenoxy) is 1. The number of aromatic nitrogens is 2. The smallest absolute Gasteiger partial charge is 0.142 e. The van der Waals surface area contributed by atoms with E-state index in [1.165, 1.54) is 0 Å². The van der Waals surface area contributed by atoms with E-state index in [-0.39, 0.29) is 0 Å². The van der Waals surface area contributed by atoms with Crippen LogP contribution in [0.15, 0.2) is 12.3 Å². The van der Waals surface area contributed by atoms with Crippen LogP contribution in [0.2, 0.25) is 5.02 Å². The quantitative estimate of drug-likeness (QED) is 0.821. The Labute approximate surface area is 100.0 Å². The van der Waals surface area contributed by atoms with Crippen LogP contribution in [0.1, 0.15) is 18.9 Å². The summed E-state index contributed by atoms with van der Waals surface area (Å²) in [5.41, 5.74) is 1.95. The standard InChI is InChI=1S/C12H15ClN2O/c1-4-5-8-6-9-7-15(2)14-11(9)10(13)12(8)16-3/h6-7H,4-5H2,1-3H3. The Morgan fingerprint density at radius 1 is 1.50 bits per heavy atom. The molecule has 0 aliphatic rings. The lowest BCUT2D eigenvalue weighted by Gasteiger charge is -2.09. The first-order valence-corrected chi connectivity index (χ1v) is 5.74. The lowest BCUT2D eigenvalue weighted by molar-refractivity contribution is 0.410. The molecule has 2 rings (SSSR count). The zero-order valence-electron chi connectivity index (χ0n) is 9.75. The summed E-state index contributed by atoms with van der Waals surface area (Å²) < 4.78 is 7.13. The van der Waals surface area contributed by atoms with E-state index in [9.17, 15) is 0 Å². The van der Waals surface area contributed by atoms with Crippen molar-refractivity contribution in [1.82, 2.24) is 9.78 Å². The third-order valence-corrected chi connectivity index (χ3v) is 2.96. The van der Waals surface area contributed by atoms with Crippen LogP contribution in [0.25, 0.3) is 10.9 Å². The molecule has 0 atom stereocenters. The van der Waals surface area contributed by atoms with Gasteiger partial charge >= 0.3 is 0 Å². The van der Waals surface area contributed by atoms with Crippen LogP contribution < -0.4 is 4.74 Å². The average Bonchev–Trinajstić information content (AvgIpc) is 2.60. The molecule has 3 nitrogen and oxygen atoms in total. The van der Waals surface area contributed by atoms with Gasteiger partial charge in [0.2, 0.25) is 0 Å². The number of hydrogen-bond acceptors (Lipinski definition) is 2. The summed E-state index contributed by atoms with van der Waals surface area (Å²) in [5, 5.41) is 6.01. The molecule has 2 aromatic rings. The van der Waals surface area contributed by atoms with Crippen LogP contribution in [0.5, 0.6) is 5.75 Å². The second-order valence-electron chi connectivity index (χ2n) is 3.87. The van der Waals surface area contributed by atoms with Crippen molar-refractivity contribution in [3.8, 4) is 5.75 Å². The molecule has 4 heteroatoms. The van der Waals surface area contributed by atoms with Gasteiger partial charge in [0, 0.05) is 18.6 Å². The number of methoxy groups -OCH3 is 1. The Kier molecular flexibility index (Phi) is 3.06. The highest BCUT2D eigenvalue weighted by Crippen LogP contribution is 2.35. The molecule has 1 aromatic carbocycles. The number of halogens is 1. The third-order valence-electron chi connectivity index (χ3n) is 2.61. The van der Waals surface area contributed by atoms with Crippen LogP contribution in [-0.4, -0.2) is 16.9 Å². The summed E-state index contributed by atoms with van der Waals surface area (Å²) in [7, 11) is 3.54. The van der Waals surface area contributed by atoms with Gasteiger partial charge in [-0.1, -0.05) is 24.9 Å². The minimum absolute atomic E-state index is 0.615. The van der Waals surface area contributed by atoms with E-state index in [4.69, 9.17) is 16.3 Å². The van der Waals surface area contributed by atoms with Crippen molar-refractivity contribution < 1.29 is 4.74 Å². The Morgan fingerprint density at radius 2 is 2.25 bits per heavy atom. The highest BCUT2D eigenvalue weighted by atomic mass is 35.5. The zero-order chi connectivity index (χ0) is 11.7. The summed E-state index contributed by atoms with van der Waals surface area (Å²) in [6.45, 7) is 2.14. The SMILES string of the molecule is CCCc1cc2cn(C)nc2c(Cl)c1OC. The Morgan fingerprint density at radius 3 is 2.88 bits per heavy atom. The number of benzene rings is 1. The van der Waals surface area contributed by atoms with Crippen LogP contribution in [0.3, 0.4) is 0 Å². The normalized spacial score (nSPS) is 11.0. The highest BCUT2D eigenvalue weighted by molar-refractivity contribution is 6.36. The molecule has 86 valence electrons. The first-order chi connectivity index (χ1) is 7.67. The van der Waals surface area contributed by atoms with Crippen molar-refractivity contribution >= 4 is 22.5 Å². The third kappa shape index (κ3) is 1.76. The number of rotatable bonds is 3. The molecule has 0 saturated carbocycles. The second kappa shape index (κ2) is 4.34. The van der Waals surface area contributed by atoms with Crippen molar-refractivity contribution in [3.63, 3.8) is 0 Å². The van der Waals surface area contributed by atoms with E-state index in [1.807, 2.05) is 13.2 Å². The van der Waals surface area contributed by atoms with Gasteiger partial charge in [0.1, 0.15) is 16.3 Å². The van der Waals surface area contributed by atoms with E-state index in [0.717, 1.165) is 35.1 Å². The summed E-state index contributed by atoms with van der Waals surface area (Å²) in [5.74, 6) is 0.759. The Hall–Kier alpha value is -1.22. The maximum atomic E-state index is 6.30. The Bertz CT molecular complexity index is 519. The molecule has 0 radical (unpaired) electrons. The molecule has 0 amide bonds. The molecule has 0 spiro atoms. The van der Waals surface area contributed by atoms with Gasteiger partial charge < -0.3 is 4.74 Å². The van der Waals surface area contributed by atoms with Crippen molar-refractivity contribution in [2.75, 3.05) is 7.11 Å². The summed E-state index contributed by atoms with van der Waals surface area (Å²) >= 11 is 6.30. The number of nitrogens with zero attached hydrogens (tertiary/aromatic N) is 2. The van der Waals surface area contributed by atoms with Gasteiger partial charge in [0.25, 0.3) is 0 Å². The molecule has 0 aliphatic heterocycles. The molecular weight excluding hydrogens is 224 g/mol. The van der Waals surface area contributed by atoms with Crippen LogP contribution >= 0.6 is 11.6 Å². The molecule has 0 saturated heterocycles. The summed E-state index contributed by atoms with van der Waals surface area (Å²) in [6, 6.07) is 2.11. The molecular formula is C12H15ClN2O. The fraction of sp³-hybridized carbons (Fsp3) is 0.417.